The van der Waals surface area contributed by atoms with E-state index in [9.17, 15) is 18.0 Å². The summed E-state index contributed by atoms with van der Waals surface area (Å²) in [7, 11) is 0. The minimum atomic E-state index is -4.77. The van der Waals surface area contributed by atoms with Gasteiger partial charge >= 0.3 is 12.1 Å². The maximum Gasteiger partial charge on any atom is 0.437 e. The zero-order valence-electron chi connectivity index (χ0n) is 10.9. The molecule has 0 unspecified atom stereocenters. The Balaban J connectivity index is 3.24. The van der Waals surface area contributed by atoms with Crippen LogP contribution in [0.3, 0.4) is 0 Å². The topological polar surface area (TPSA) is 55.6 Å². The van der Waals surface area contributed by atoms with Crippen molar-refractivity contribution in [2.75, 3.05) is 24.6 Å². The SMILES string of the molecule is CCOC(=O)c1oc(N(CC)CC)nc1C(F)(F)F. The second kappa shape index (κ2) is 5.94. The minimum Gasteiger partial charge on any atom is -0.460 e. The lowest BCUT2D eigenvalue weighted by atomic mass is 10.3. The molecule has 5 nitrogen and oxygen atoms in total. The van der Waals surface area contributed by atoms with E-state index in [0.717, 1.165) is 0 Å². The summed E-state index contributed by atoms with van der Waals surface area (Å²) >= 11 is 0. The van der Waals surface area contributed by atoms with E-state index in [1.54, 1.807) is 13.8 Å². The van der Waals surface area contributed by atoms with E-state index >= 15 is 0 Å². The fourth-order valence-corrected chi connectivity index (χ4v) is 1.47. The van der Waals surface area contributed by atoms with E-state index in [1.165, 1.54) is 11.8 Å². The standard InChI is InChI=1S/C11H15F3N2O3/c1-4-16(5-2)10-15-8(11(12,13)14)7(19-10)9(17)18-6-3/h4-6H2,1-3H3. The smallest absolute Gasteiger partial charge is 0.437 e. The summed E-state index contributed by atoms with van der Waals surface area (Å²) in [5.41, 5.74) is -1.35. The van der Waals surface area contributed by atoms with Gasteiger partial charge in [0, 0.05) is 13.1 Å². The maximum absolute atomic E-state index is 12.8. The average molecular weight is 280 g/mol. The molecule has 8 heteroatoms. The predicted molar refractivity (Wildman–Crippen MR) is 61.0 cm³/mol. The molecule has 0 saturated carbocycles. The summed E-state index contributed by atoms with van der Waals surface area (Å²) in [5.74, 6) is -2.07. The van der Waals surface area contributed by atoms with Crippen LogP contribution in [-0.2, 0) is 10.9 Å². The number of hydrogen-bond acceptors (Lipinski definition) is 5. The first-order chi connectivity index (χ1) is 8.85. The van der Waals surface area contributed by atoms with Gasteiger partial charge in [0.15, 0.2) is 5.69 Å². The van der Waals surface area contributed by atoms with Crippen LogP contribution >= 0.6 is 0 Å². The first-order valence-corrected chi connectivity index (χ1v) is 5.85. The van der Waals surface area contributed by atoms with Gasteiger partial charge in [-0.3, -0.25) is 0 Å². The number of ether oxygens (including phenoxy) is 1. The Hall–Kier alpha value is -1.73. The number of oxazole rings is 1. The molecule has 0 atom stereocenters. The minimum absolute atomic E-state index is 0.0442. The molecule has 0 N–H and O–H groups in total. The number of nitrogens with zero attached hydrogens (tertiary/aromatic N) is 2. The van der Waals surface area contributed by atoms with Crippen LogP contribution in [0.5, 0.6) is 0 Å². The fourth-order valence-electron chi connectivity index (χ4n) is 1.47. The van der Waals surface area contributed by atoms with Gasteiger partial charge < -0.3 is 14.1 Å². The fraction of sp³-hybridized carbons (Fsp3) is 0.636. The Bertz CT molecular complexity index is 439. The highest BCUT2D eigenvalue weighted by atomic mass is 19.4. The normalized spacial score (nSPS) is 11.5. The number of anilines is 1. The van der Waals surface area contributed by atoms with Crippen LogP contribution in [0.2, 0.25) is 0 Å². The van der Waals surface area contributed by atoms with Gasteiger partial charge in [0.25, 0.3) is 6.01 Å². The monoisotopic (exact) mass is 280 g/mol. The van der Waals surface area contributed by atoms with Gasteiger partial charge in [0.2, 0.25) is 5.76 Å². The number of hydrogen-bond donors (Lipinski definition) is 0. The number of carbonyl (C=O) groups excluding carboxylic acids is 1. The van der Waals surface area contributed by atoms with Gasteiger partial charge in [-0.2, -0.15) is 18.2 Å². The van der Waals surface area contributed by atoms with Crippen LogP contribution in [0.4, 0.5) is 19.2 Å². The van der Waals surface area contributed by atoms with E-state index in [-0.39, 0.29) is 12.6 Å². The first kappa shape index (κ1) is 15.3. The van der Waals surface area contributed by atoms with Crippen LogP contribution < -0.4 is 4.90 Å². The molecule has 0 saturated heterocycles. The molecule has 0 aliphatic carbocycles. The molecule has 1 rings (SSSR count). The third-order valence-electron chi connectivity index (χ3n) is 2.38. The van der Waals surface area contributed by atoms with Gasteiger partial charge in [0.1, 0.15) is 0 Å². The molecule has 19 heavy (non-hydrogen) atoms. The van der Waals surface area contributed by atoms with Crippen LogP contribution in [0, 0.1) is 0 Å². The lowest BCUT2D eigenvalue weighted by molar-refractivity contribution is -0.141. The van der Waals surface area contributed by atoms with Crippen molar-refractivity contribution in [1.82, 2.24) is 4.98 Å². The number of rotatable bonds is 5. The Labute approximate surface area is 108 Å². The molecule has 0 amide bonds. The van der Waals surface area contributed by atoms with Crippen LogP contribution in [0.1, 0.15) is 37.0 Å². The molecule has 1 heterocycles. The van der Waals surface area contributed by atoms with E-state index in [4.69, 9.17) is 4.42 Å². The van der Waals surface area contributed by atoms with Crippen LogP contribution in [0.15, 0.2) is 4.42 Å². The zero-order chi connectivity index (χ0) is 14.6. The van der Waals surface area contributed by atoms with Gasteiger partial charge in [-0.15, -0.1) is 0 Å². The van der Waals surface area contributed by atoms with Gasteiger partial charge in [-0.1, -0.05) is 0 Å². The third kappa shape index (κ3) is 3.39. The zero-order valence-corrected chi connectivity index (χ0v) is 10.9. The third-order valence-corrected chi connectivity index (χ3v) is 2.38. The van der Waals surface area contributed by atoms with Gasteiger partial charge in [-0.05, 0) is 20.8 Å². The highest BCUT2D eigenvalue weighted by Crippen LogP contribution is 2.34. The molecule has 1 aromatic rings. The summed E-state index contributed by atoms with van der Waals surface area (Å²) in [6.07, 6.45) is -4.77. The highest BCUT2D eigenvalue weighted by Gasteiger charge is 2.42. The van der Waals surface area contributed by atoms with Crippen molar-refractivity contribution in [2.24, 2.45) is 0 Å². The van der Waals surface area contributed by atoms with E-state index in [0.29, 0.717) is 13.1 Å². The van der Waals surface area contributed by atoms with Crippen molar-refractivity contribution < 1.29 is 27.1 Å². The molecule has 0 aromatic carbocycles. The lowest BCUT2D eigenvalue weighted by Crippen LogP contribution is -2.22. The summed E-state index contributed by atoms with van der Waals surface area (Å²) in [6.45, 7) is 5.76. The molecule has 0 bridgehead atoms. The molecule has 0 spiro atoms. The average Bonchev–Trinajstić information content (AvgIpc) is 2.76. The molecular formula is C11H15F3N2O3. The Morgan fingerprint density at radius 1 is 1.32 bits per heavy atom. The Morgan fingerprint density at radius 3 is 2.32 bits per heavy atom. The quantitative estimate of drug-likeness (QED) is 0.776. The summed E-state index contributed by atoms with van der Waals surface area (Å²) in [6, 6.07) is -0.236. The van der Waals surface area contributed by atoms with Gasteiger partial charge in [0.05, 0.1) is 6.61 Å². The molecule has 0 fully saturated rings. The largest absolute Gasteiger partial charge is 0.460 e. The maximum atomic E-state index is 12.8. The van der Waals surface area contributed by atoms with Crippen LogP contribution in [-0.4, -0.2) is 30.6 Å². The van der Waals surface area contributed by atoms with Crippen molar-refractivity contribution >= 4 is 12.0 Å². The summed E-state index contributed by atoms with van der Waals surface area (Å²) in [4.78, 5) is 16.3. The van der Waals surface area contributed by atoms with Crippen molar-refractivity contribution in [3.8, 4) is 0 Å². The predicted octanol–water partition coefficient (Wildman–Crippen LogP) is 2.72. The first-order valence-electron chi connectivity index (χ1n) is 5.85. The van der Waals surface area contributed by atoms with Crippen molar-refractivity contribution in [3.05, 3.63) is 11.5 Å². The molecule has 108 valence electrons. The van der Waals surface area contributed by atoms with Crippen LogP contribution in [0.25, 0.3) is 0 Å². The number of halogens is 3. The number of esters is 1. The van der Waals surface area contributed by atoms with E-state index in [1.807, 2.05) is 0 Å². The lowest BCUT2D eigenvalue weighted by Gasteiger charge is -2.14. The second-order valence-corrected chi connectivity index (χ2v) is 3.56. The Kier molecular flexibility index (Phi) is 4.79. The number of alkyl halides is 3. The summed E-state index contributed by atoms with van der Waals surface area (Å²) < 4.78 is 47.8. The molecular weight excluding hydrogens is 265 g/mol. The number of carbonyl (C=O) groups is 1. The van der Waals surface area contributed by atoms with E-state index < -0.39 is 23.6 Å². The van der Waals surface area contributed by atoms with Crippen molar-refractivity contribution in [3.63, 3.8) is 0 Å². The van der Waals surface area contributed by atoms with Gasteiger partial charge in [-0.25, -0.2) is 4.79 Å². The molecule has 0 aliphatic rings. The highest BCUT2D eigenvalue weighted by molar-refractivity contribution is 5.88. The van der Waals surface area contributed by atoms with Crippen molar-refractivity contribution in [2.45, 2.75) is 26.9 Å². The van der Waals surface area contributed by atoms with Crippen molar-refractivity contribution in [1.29, 1.82) is 0 Å². The molecule has 0 radical (unpaired) electrons. The summed E-state index contributed by atoms with van der Waals surface area (Å²) in [5, 5.41) is 0. The second-order valence-electron chi connectivity index (χ2n) is 3.56. The molecule has 0 aliphatic heterocycles. The molecule has 1 aromatic heterocycles. The van der Waals surface area contributed by atoms with E-state index in [2.05, 4.69) is 9.72 Å². The number of aromatic nitrogens is 1. The Morgan fingerprint density at radius 2 is 1.89 bits per heavy atom.